The first-order chi connectivity index (χ1) is 13.3. The Morgan fingerprint density at radius 3 is 2.11 bits per heavy atom. The van der Waals surface area contributed by atoms with Gasteiger partial charge in [0.05, 0.1) is 43.9 Å². The quantitative estimate of drug-likeness (QED) is 0.644. The van der Waals surface area contributed by atoms with Crippen molar-refractivity contribution < 1.29 is 32.2 Å². The van der Waals surface area contributed by atoms with Gasteiger partial charge < -0.3 is 18.9 Å². The van der Waals surface area contributed by atoms with Crippen molar-refractivity contribution in [2.75, 3.05) is 28.4 Å². The summed E-state index contributed by atoms with van der Waals surface area (Å²) in [7, 11) is 1.66. The van der Waals surface area contributed by atoms with Crippen LogP contribution in [0.3, 0.4) is 0 Å². The summed E-state index contributed by atoms with van der Waals surface area (Å²) in [5.41, 5.74) is 0.542. The van der Waals surface area contributed by atoms with E-state index in [0.717, 1.165) is 6.07 Å². The van der Waals surface area contributed by atoms with Crippen LogP contribution in [0.5, 0.6) is 17.2 Å². The van der Waals surface area contributed by atoms with E-state index in [9.17, 15) is 13.2 Å². The molecule has 10 heteroatoms. The number of rotatable bonds is 8. The van der Waals surface area contributed by atoms with Gasteiger partial charge in [-0.05, 0) is 35.9 Å². The number of halogens is 1. The number of benzene rings is 2. The van der Waals surface area contributed by atoms with Crippen LogP contribution in [0.25, 0.3) is 0 Å². The first-order valence-corrected chi connectivity index (χ1v) is 9.80. The molecule has 0 saturated heterocycles. The van der Waals surface area contributed by atoms with Gasteiger partial charge >= 0.3 is 5.97 Å². The number of ether oxygens (including phenoxy) is 4. The molecule has 0 spiro atoms. The van der Waals surface area contributed by atoms with Gasteiger partial charge in [-0.3, -0.25) is 0 Å². The summed E-state index contributed by atoms with van der Waals surface area (Å²) in [6.07, 6.45) is 0. The number of methoxy groups -OCH3 is 4. The van der Waals surface area contributed by atoms with Crippen molar-refractivity contribution in [3.05, 3.63) is 46.5 Å². The van der Waals surface area contributed by atoms with Gasteiger partial charge in [-0.1, -0.05) is 11.6 Å². The molecule has 0 aliphatic rings. The second-order valence-corrected chi connectivity index (χ2v) is 7.67. The molecular weight excluding hydrogens is 410 g/mol. The Hall–Kier alpha value is -2.49. The summed E-state index contributed by atoms with van der Waals surface area (Å²) >= 11 is 5.93. The van der Waals surface area contributed by atoms with Gasteiger partial charge in [0.15, 0.2) is 11.5 Å². The van der Waals surface area contributed by atoms with Gasteiger partial charge in [0, 0.05) is 6.54 Å². The van der Waals surface area contributed by atoms with Crippen molar-refractivity contribution in [2.45, 2.75) is 11.4 Å². The molecule has 2 aromatic rings. The Morgan fingerprint density at radius 1 is 1.00 bits per heavy atom. The van der Waals surface area contributed by atoms with Crippen molar-refractivity contribution >= 4 is 27.6 Å². The predicted molar refractivity (Wildman–Crippen MR) is 103 cm³/mol. The van der Waals surface area contributed by atoms with Crippen LogP contribution in [0.15, 0.2) is 35.2 Å². The Kier molecular flexibility index (Phi) is 7.11. The zero-order chi connectivity index (χ0) is 20.9. The highest BCUT2D eigenvalue weighted by Crippen LogP contribution is 2.38. The molecule has 0 saturated carbocycles. The second-order valence-electron chi connectivity index (χ2n) is 5.49. The predicted octanol–water partition coefficient (Wildman–Crippen LogP) is 2.63. The molecule has 0 unspecified atom stereocenters. The number of nitrogens with one attached hydrogen (secondary N) is 1. The molecule has 1 N–H and O–H groups in total. The maximum atomic E-state index is 12.6. The first-order valence-electron chi connectivity index (χ1n) is 7.93. The Bertz CT molecular complexity index is 951. The van der Waals surface area contributed by atoms with E-state index in [1.54, 1.807) is 12.1 Å². The minimum Gasteiger partial charge on any atom is -0.493 e. The molecule has 2 aromatic carbocycles. The maximum Gasteiger partial charge on any atom is 0.339 e. The van der Waals surface area contributed by atoms with Crippen LogP contribution in [0.4, 0.5) is 0 Å². The van der Waals surface area contributed by atoms with E-state index in [0.29, 0.717) is 22.8 Å². The van der Waals surface area contributed by atoms with Crippen molar-refractivity contribution in [3.63, 3.8) is 0 Å². The topological polar surface area (TPSA) is 100 Å². The number of sulfonamides is 1. The normalized spacial score (nSPS) is 11.0. The molecule has 152 valence electrons. The van der Waals surface area contributed by atoms with Crippen LogP contribution in [0.2, 0.25) is 5.02 Å². The number of hydrogen-bond acceptors (Lipinski definition) is 7. The van der Waals surface area contributed by atoms with Crippen molar-refractivity contribution in [1.29, 1.82) is 0 Å². The number of esters is 1. The van der Waals surface area contributed by atoms with E-state index in [2.05, 4.69) is 9.46 Å². The van der Waals surface area contributed by atoms with E-state index in [4.69, 9.17) is 25.8 Å². The first kappa shape index (κ1) is 21.8. The van der Waals surface area contributed by atoms with Gasteiger partial charge in [-0.15, -0.1) is 0 Å². The molecule has 0 aliphatic carbocycles. The molecule has 0 aliphatic heterocycles. The third-order valence-electron chi connectivity index (χ3n) is 3.84. The molecule has 2 rings (SSSR count). The Balaban J connectivity index is 2.30. The standard InChI is InChI=1S/C18H20ClNO7S/c1-24-15-7-11(8-16(25-2)17(15)26-3)10-20-28(22,23)12-5-6-14(19)13(9-12)18(21)27-4/h5-9,20H,10H2,1-4H3. The zero-order valence-corrected chi connectivity index (χ0v) is 17.3. The summed E-state index contributed by atoms with van der Waals surface area (Å²) in [6.45, 7) is -0.0464. The van der Waals surface area contributed by atoms with E-state index in [1.165, 1.54) is 40.6 Å². The summed E-state index contributed by atoms with van der Waals surface area (Å²) in [4.78, 5) is 11.6. The molecule has 28 heavy (non-hydrogen) atoms. The number of hydrogen-bond donors (Lipinski definition) is 1. The van der Waals surface area contributed by atoms with Gasteiger partial charge in [-0.25, -0.2) is 17.9 Å². The highest BCUT2D eigenvalue weighted by molar-refractivity contribution is 7.89. The molecule has 0 radical (unpaired) electrons. The minimum absolute atomic E-state index is 0.0418. The van der Waals surface area contributed by atoms with Crippen molar-refractivity contribution in [3.8, 4) is 17.2 Å². The molecule has 0 bridgehead atoms. The smallest absolute Gasteiger partial charge is 0.339 e. The third kappa shape index (κ3) is 4.67. The second kappa shape index (κ2) is 9.13. The molecule has 0 heterocycles. The van der Waals surface area contributed by atoms with Gasteiger partial charge in [0.2, 0.25) is 15.8 Å². The molecular formula is C18H20ClNO7S. The number of carbonyl (C=O) groups excluding carboxylic acids is 1. The van der Waals surface area contributed by atoms with Gasteiger partial charge in [0.25, 0.3) is 0 Å². The monoisotopic (exact) mass is 429 g/mol. The van der Waals surface area contributed by atoms with Crippen molar-refractivity contribution in [1.82, 2.24) is 4.72 Å². The molecule has 0 aromatic heterocycles. The third-order valence-corrected chi connectivity index (χ3v) is 5.57. The fourth-order valence-corrected chi connectivity index (χ4v) is 3.68. The maximum absolute atomic E-state index is 12.6. The van der Waals surface area contributed by atoms with Crippen molar-refractivity contribution in [2.24, 2.45) is 0 Å². The SMILES string of the molecule is COC(=O)c1cc(S(=O)(=O)NCc2cc(OC)c(OC)c(OC)c2)ccc1Cl. The summed E-state index contributed by atoms with van der Waals surface area (Å²) < 4.78 is 48.1. The minimum atomic E-state index is -3.92. The largest absolute Gasteiger partial charge is 0.493 e. The summed E-state index contributed by atoms with van der Waals surface area (Å²) in [5.74, 6) is 0.467. The van der Waals surface area contributed by atoms with Crippen LogP contribution in [-0.4, -0.2) is 42.8 Å². The highest BCUT2D eigenvalue weighted by Gasteiger charge is 2.20. The van der Waals surface area contributed by atoms with E-state index in [-0.39, 0.29) is 22.0 Å². The number of carbonyl (C=O) groups is 1. The Morgan fingerprint density at radius 2 is 1.61 bits per heavy atom. The molecule has 0 amide bonds. The fraction of sp³-hybridized carbons (Fsp3) is 0.278. The van der Waals surface area contributed by atoms with Crippen LogP contribution >= 0.6 is 11.6 Å². The van der Waals surface area contributed by atoms with E-state index >= 15 is 0 Å². The lowest BCUT2D eigenvalue weighted by Gasteiger charge is -2.14. The zero-order valence-electron chi connectivity index (χ0n) is 15.7. The van der Waals surface area contributed by atoms with Gasteiger partial charge in [-0.2, -0.15) is 0 Å². The molecule has 8 nitrogen and oxygen atoms in total. The summed E-state index contributed by atoms with van der Waals surface area (Å²) in [5, 5.41) is 0.0930. The lowest BCUT2D eigenvalue weighted by molar-refractivity contribution is 0.0600. The molecule has 0 fully saturated rings. The Labute approximate surface area is 168 Å². The molecule has 0 atom stereocenters. The lowest BCUT2D eigenvalue weighted by atomic mass is 10.2. The van der Waals surface area contributed by atoms with Crippen LogP contribution in [0, 0.1) is 0 Å². The average Bonchev–Trinajstić information content (AvgIpc) is 2.70. The fourth-order valence-electron chi connectivity index (χ4n) is 2.44. The highest BCUT2D eigenvalue weighted by atomic mass is 35.5. The van der Waals surface area contributed by atoms with E-state index < -0.39 is 16.0 Å². The lowest BCUT2D eigenvalue weighted by Crippen LogP contribution is -2.23. The van der Waals surface area contributed by atoms with Crippen LogP contribution < -0.4 is 18.9 Å². The summed E-state index contributed by atoms with van der Waals surface area (Å²) in [6, 6.07) is 7.04. The van der Waals surface area contributed by atoms with Gasteiger partial charge in [0.1, 0.15) is 0 Å². The van der Waals surface area contributed by atoms with E-state index in [1.807, 2.05) is 0 Å². The average molecular weight is 430 g/mol. The van der Waals surface area contributed by atoms with Crippen LogP contribution in [0.1, 0.15) is 15.9 Å². The van der Waals surface area contributed by atoms with Crippen LogP contribution in [-0.2, 0) is 21.3 Å².